The van der Waals surface area contributed by atoms with E-state index in [0.29, 0.717) is 6.61 Å². The van der Waals surface area contributed by atoms with Crippen molar-refractivity contribution >= 4 is 27.8 Å². The molecule has 0 radical (unpaired) electrons. The molecule has 4 nitrogen and oxygen atoms in total. The molecule has 1 N–H and O–H groups in total. The van der Waals surface area contributed by atoms with Crippen molar-refractivity contribution in [1.29, 1.82) is 0 Å². The molecule has 108 valence electrons. The molecule has 2 heterocycles. The Morgan fingerprint density at radius 1 is 1.40 bits per heavy atom. The molecular weight excluding hydrogens is 290 g/mol. The van der Waals surface area contributed by atoms with E-state index in [1.54, 1.807) is 18.4 Å². The van der Waals surface area contributed by atoms with Gasteiger partial charge in [0.2, 0.25) is 0 Å². The lowest BCUT2D eigenvalue weighted by atomic mass is 10.2. The molecule has 0 amide bonds. The Hall–Kier alpha value is -0.980. The van der Waals surface area contributed by atoms with E-state index >= 15 is 0 Å². The summed E-state index contributed by atoms with van der Waals surface area (Å²) in [7, 11) is 1.71. The lowest BCUT2D eigenvalue weighted by Crippen LogP contribution is -2.07. The smallest absolute Gasteiger partial charge is 0.183 e. The molecule has 3 rings (SSSR count). The summed E-state index contributed by atoms with van der Waals surface area (Å²) in [5.74, 6) is 0.719. The van der Waals surface area contributed by atoms with Crippen LogP contribution in [0, 0.1) is 0 Å². The second kappa shape index (κ2) is 6.20. The van der Waals surface area contributed by atoms with Crippen LogP contribution in [0.15, 0.2) is 5.38 Å². The number of anilines is 1. The third kappa shape index (κ3) is 3.02. The highest BCUT2D eigenvalue weighted by Gasteiger charge is 2.28. The second-order valence-corrected chi connectivity index (χ2v) is 6.80. The standard InChI is InChI=1S/C14H19N3OS2/c1-3-10-12(20-13(16-10)9-4-5-9)11-8-19-14(17-11)15-6-7-18-2/h8-9H,3-7H2,1-2H3,(H,15,17). The van der Waals surface area contributed by atoms with E-state index in [2.05, 4.69) is 22.6 Å². The van der Waals surface area contributed by atoms with Gasteiger partial charge in [0.25, 0.3) is 0 Å². The molecule has 1 aliphatic rings. The lowest BCUT2D eigenvalue weighted by molar-refractivity contribution is 0.211. The maximum Gasteiger partial charge on any atom is 0.183 e. The van der Waals surface area contributed by atoms with E-state index < -0.39 is 0 Å². The zero-order chi connectivity index (χ0) is 13.9. The zero-order valence-electron chi connectivity index (χ0n) is 11.8. The van der Waals surface area contributed by atoms with Crippen molar-refractivity contribution in [1.82, 2.24) is 9.97 Å². The van der Waals surface area contributed by atoms with Crippen LogP contribution in [0.3, 0.4) is 0 Å². The summed E-state index contributed by atoms with van der Waals surface area (Å²) in [6, 6.07) is 0. The third-order valence-corrected chi connectivity index (χ3v) is 5.38. The summed E-state index contributed by atoms with van der Waals surface area (Å²) in [5.41, 5.74) is 2.27. The SMILES string of the molecule is CCc1nc(C2CC2)sc1-c1csc(NCCOC)n1. The molecule has 1 aliphatic carbocycles. The maximum absolute atomic E-state index is 5.03. The summed E-state index contributed by atoms with van der Waals surface area (Å²) < 4.78 is 5.03. The molecule has 0 aromatic carbocycles. The molecule has 0 bridgehead atoms. The minimum absolute atomic E-state index is 0.696. The van der Waals surface area contributed by atoms with Gasteiger partial charge in [-0.2, -0.15) is 0 Å². The van der Waals surface area contributed by atoms with E-state index in [1.807, 2.05) is 11.3 Å². The highest BCUT2D eigenvalue weighted by Crippen LogP contribution is 2.45. The van der Waals surface area contributed by atoms with Crippen molar-refractivity contribution < 1.29 is 4.74 Å². The number of rotatable bonds is 7. The van der Waals surface area contributed by atoms with Gasteiger partial charge in [-0.1, -0.05) is 6.92 Å². The van der Waals surface area contributed by atoms with Crippen LogP contribution in [0.1, 0.15) is 36.4 Å². The number of hydrogen-bond acceptors (Lipinski definition) is 6. The molecular formula is C14H19N3OS2. The fourth-order valence-corrected chi connectivity index (χ4v) is 4.12. The Morgan fingerprint density at radius 2 is 2.25 bits per heavy atom. The fourth-order valence-electron chi connectivity index (χ4n) is 2.03. The van der Waals surface area contributed by atoms with Crippen molar-refractivity contribution in [3.8, 4) is 10.6 Å². The number of methoxy groups -OCH3 is 1. The monoisotopic (exact) mass is 309 g/mol. The van der Waals surface area contributed by atoms with Gasteiger partial charge in [0.1, 0.15) is 0 Å². The topological polar surface area (TPSA) is 47.0 Å². The second-order valence-electron chi connectivity index (χ2n) is 4.91. The summed E-state index contributed by atoms with van der Waals surface area (Å²) in [4.78, 5) is 10.7. The lowest BCUT2D eigenvalue weighted by Gasteiger charge is -2.00. The van der Waals surface area contributed by atoms with Crippen molar-refractivity contribution in [2.75, 3.05) is 25.6 Å². The molecule has 2 aromatic rings. The number of aromatic nitrogens is 2. The minimum Gasteiger partial charge on any atom is -0.383 e. The van der Waals surface area contributed by atoms with Gasteiger partial charge in [0.05, 0.1) is 27.9 Å². The number of hydrogen-bond donors (Lipinski definition) is 1. The molecule has 0 atom stereocenters. The van der Waals surface area contributed by atoms with Gasteiger partial charge in [-0.25, -0.2) is 9.97 Å². The van der Waals surface area contributed by atoms with Crippen LogP contribution in [-0.2, 0) is 11.2 Å². The zero-order valence-corrected chi connectivity index (χ0v) is 13.4. The van der Waals surface area contributed by atoms with Gasteiger partial charge in [-0.05, 0) is 19.3 Å². The van der Waals surface area contributed by atoms with E-state index in [0.717, 1.165) is 29.7 Å². The average Bonchev–Trinajstić information content (AvgIpc) is 3.05. The summed E-state index contributed by atoms with van der Waals surface area (Å²) >= 11 is 3.48. The quantitative estimate of drug-likeness (QED) is 0.791. The van der Waals surface area contributed by atoms with Gasteiger partial charge >= 0.3 is 0 Å². The van der Waals surface area contributed by atoms with Gasteiger partial charge in [0.15, 0.2) is 5.13 Å². The number of nitrogens with zero attached hydrogens (tertiary/aromatic N) is 2. The largest absolute Gasteiger partial charge is 0.383 e. The molecule has 1 fully saturated rings. The van der Waals surface area contributed by atoms with E-state index in [1.165, 1.54) is 28.4 Å². The van der Waals surface area contributed by atoms with Crippen molar-refractivity contribution in [3.05, 3.63) is 16.1 Å². The molecule has 0 spiro atoms. The fraction of sp³-hybridized carbons (Fsp3) is 0.571. The third-order valence-electron chi connectivity index (χ3n) is 3.29. The predicted octanol–water partition coefficient (Wildman–Crippen LogP) is 3.76. The first kappa shape index (κ1) is 14.0. The van der Waals surface area contributed by atoms with E-state index in [4.69, 9.17) is 9.72 Å². The minimum atomic E-state index is 0.696. The van der Waals surface area contributed by atoms with Gasteiger partial charge in [-0.15, -0.1) is 22.7 Å². The van der Waals surface area contributed by atoms with Crippen LogP contribution in [0.2, 0.25) is 0 Å². The van der Waals surface area contributed by atoms with E-state index in [9.17, 15) is 0 Å². The van der Waals surface area contributed by atoms with Crippen LogP contribution in [-0.4, -0.2) is 30.2 Å². The van der Waals surface area contributed by atoms with Crippen molar-refractivity contribution in [2.24, 2.45) is 0 Å². The van der Waals surface area contributed by atoms with Crippen LogP contribution in [0.25, 0.3) is 10.6 Å². The van der Waals surface area contributed by atoms with Crippen molar-refractivity contribution in [2.45, 2.75) is 32.1 Å². The first-order valence-electron chi connectivity index (χ1n) is 7.00. The van der Waals surface area contributed by atoms with Crippen LogP contribution < -0.4 is 5.32 Å². The Morgan fingerprint density at radius 3 is 2.95 bits per heavy atom. The highest BCUT2D eigenvalue weighted by atomic mass is 32.1. The molecule has 20 heavy (non-hydrogen) atoms. The highest BCUT2D eigenvalue weighted by molar-refractivity contribution is 7.17. The number of nitrogens with one attached hydrogen (secondary N) is 1. The summed E-state index contributed by atoms with van der Waals surface area (Å²) in [6.07, 6.45) is 3.58. The molecule has 0 unspecified atom stereocenters. The first-order chi connectivity index (χ1) is 9.81. The van der Waals surface area contributed by atoms with E-state index in [-0.39, 0.29) is 0 Å². The molecule has 0 saturated heterocycles. The number of aryl methyl sites for hydroxylation is 1. The molecule has 6 heteroatoms. The van der Waals surface area contributed by atoms with Gasteiger partial charge in [0, 0.05) is 25.0 Å². The Bertz CT molecular complexity index is 575. The molecule has 2 aromatic heterocycles. The summed E-state index contributed by atoms with van der Waals surface area (Å²) in [6.45, 7) is 3.65. The first-order valence-corrected chi connectivity index (χ1v) is 8.69. The predicted molar refractivity (Wildman–Crippen MR) is 84.9 cm³/mol. The average molecular weight is 309 g/mol. The normalized spacial score (nSPS) is 14.7. The van der Waals surface area contributed by atoms with Crippen LogP contribution in [0.4, 0.5) is 5.13 Å². The van der Waals surface area contributed by atoms with Crippen LogP contribution >= 0.6 is 22.7 Å². The summed E-state index contributed by atoms with van der Waals surface area (Å²) in [5, 5.41) is 7.67. The number of ether oxygens (including phenoxy) is 1. The van der Waals surface area contributed by atoms with Gasteiger partial charge in [-0.3, -0.25) is 0 Å². The Kier molecular flexibility index (Phi) is 4.33. The molecule has 0 aliphatic heterocycles. The molecule has 1 saturated carbocycles. The Balaban J connectivity index is 1.77. The number of thiazole rings is 2. The van der Waals surface area contributed by atoms with Crippen LogP contribution in [0.5, 0.6) is 0 Å². The van der Waals surface area contributed by atoms with Crippen molar-refractivity contribution in [3.63, 3.8) is 0 Å². The van der Waals surface area contributed by atoms with Gasteiger partial charge < -0.3 is 10.1 Å². The Labute approximate surface area is 127 Å². The maximum atomic E-state index is 5.03.